The summed E-state index contributed by atoms with van der Waals surface area (Å²) in [6, 6.07) is 0. The van der Waals surface area contributed by atoms with Gasteiger partial charge in [-0.25, -0.2) is 0 Å². The van der Waals surface area contributed by atoms with Crippen LogP contribution in [-0.2, 0) is 0 Å². The summed E-state index contributed by atoms with van der Waals surface area (Å²) >= 11 is 0. The van der Waals surface area contributed by atoms with Crippen LogP contribution in [0, 0.1) is 11.8 Å². The monoisotopic (exact) mass is 224 g/mol. The van der Waals surface area contributed by atoms with Gasteiger partial charge < -0.3 is 10.2 Å². The highest BCUT2D eigenvalue weighted by Crippen LogP contribution is 2.31. The Balaban J connectivity index is 1.71. The second kappa shape index (κ2) is 5.05. The van der Waals surface area contributed by atoms with E-state index in [9.17, 15) is 0 Å². The van der Waals surface area contributed by atoms with Crippen LogP contribution >= 0.6 is 0 Å². The Morgan fingerprint density at radius 1 is 1.19 bits per heavy atom. The number of piperidine rings is 1. The highest BCUT2D eigenvalue weighted by Gasteiger charge is 2.32. The first-order valence-corrected chi connectivity index (χ1v) is 7.06. The minimum absolute atomic E-state index is 0.398. The molecule has 2 aliphatic rings. The zero-order chi connectivity index (χ0) is 11.6. The van der Waals surface area contributed by atoms with Crippen LogP contribution in [0.1, 0.15) is 46.5 Å². The molecular formula is C14H28N2. The molecule has 2 aliphatic heterocycles. The molecule has 2 nitrogen and oxygen atoms in total. The molecule has 2 saturated heterocycles. The molecule has 0 aromatic rings. The van der Waals surface area contributed by atoms with Crippen molar-refractivity contribution in [2.45, 2.75) is 52.0 Å². The van der Waals surface area contributed by atoms with Gasteiger partial charge in [-0.05, 0) is 77.5 Å². The minimum atomic E-state index is 0.398. The Labute approximate surface area is 101 Å². The molecule has 0 amide bonds. The van der Waals surface area contributed by atoms with E-state index in [0.717, 1.165) is 11.8 Å². The number of hydrogen-bond acceptors (Lipinski definition) is 2. The molecule has 2 heteroatoms. The lowest BCUT2D eigenvalue weighted by atomic mass is 9.84. The van der Waals surface area contributed by atoms with Gasteiger partial charge in [0.05, 0.1) is 0 Å². The second-order valence-corrected chi connectivity index (χ2v) is 6.45. The van der Waals surface area contributed by atoms with Gasteiger partial charge in [0, 0.05) is 5.54 Å². The van der Waals surface area contributed by atoms with Gasteiger partial charge in [0.25, 0.3) is 0 Å². The van der Waals surface area contributed by atoms with Gasteiger partial charge in [0.1, 0.15) is 0 Å². The average molecular weight is 224 g/mol. The topological polar surface area (TPSA) is 15.3 Å². The lowest BCUT2D eigenvalue weighted by molar-refractivity contribution is 0.174. The van der Waals surface area contributed by atoms with E-state index in [1.807, 2.05) is 0 Å². The van der Waals surface area contributed by atoms with Crippen LogP contribution in [0.5, 0.6) is 0 Å². The van der Waals surface area contributed by atoms with Crippen molar-refractivity contribution in [1.82, 2.24) is 10.2 Å². The molecule has 0 aliphatic carbocycles. The van der Waals surface area contributed by atoms with E-state index in [1.54, 1.807) is 0 Å². The lowest BCUT2D eigenvalue weighted by Crippen LogP contribution is -2.34. The van der Waals surface area contributed by atoms with Crippen molar-refractivity contribution >= 4 is 0 Å². The molecular weight excluding hydrogens is 196 g/mol. The van der Waals surface area contributed by atoms with Crippen molar-refractivity contribution in [1.29, 1.82) is 0 Å². The molecule has 2 rings (SSSR count). The van der Waals surface area contributed by atoms with E-state index < -0.39 is 0 Å². The van der Waals surface area contributed by atoms with Gasteiger partial charge in [-0.15, -0.1) is 0 Å². The smallest absolute Gasteiger partial charge is 0.0128 e. The molecule has 0 spiro atoms. The summed E-state index contributed by atoms with van der Waals surface area (Å²) in [5.74, 6) is 1.94. The second-order valence-electron chi connectivity index (χ2n) is 6.45. The maximum absolute atomic E-state index is 3.65. The first kappa shape index (κ1) is 12.4. The first-order valence-electron chi connectivity index (χ1n) is 7.06. The molecule has 1 N–H and O–H groups in total. The van der Waals surface area contributed by atoms with Crippen LogP contribution < -0.4 is 5.32 Å². The van der Waals surface area contributed by atoms with Crippen molar-refractivity contribution in [2.75, 3.05) is 26.2 Å². The Morgan fingerprint density at radius 3 is 2.38 bits per heavy atom. The van der Waals surface area contributed by atoms with Crippen molar-refractivity contribution in [3.05, 3.63) is 0 Å². The zero-order valence-corrected chi connectivity index (χ0v) is 11.3. The Hall–Kier alpha value is -0.0800. The first-order chi connectivity index (χ1) is 7.59. The summed E-state index contributed by atoms with van der Waals surface area (Å²) in [6.07, 6.45) is 5.71. The number of rotatable bonds is 3. The summed E-state index contributed by atoms with van der Waals surface area (Å²) in [6.45, 7) is 12.1. The Morgan fingerprint density at radius 2 is 1.88 bits per heavy atom. The molecule has 1 unspecified atom stereocenters. The van der Waals surface area contributed by atoms with Crippen molar-refractivity contribution in [2.24, 2.45) is 11.8 Å². The lowest BCUT2D eigenvalue weighted by Gasteiger charge is -2.32. The summed E-state index contributed by atoms with van der Waals surface area (Å²) in [5, 5.41) is 3.65. The molecule has 1 atom stereocenters. The van der Waals surface area contributed by atoms with Crippen molar-refractivity contribution < 1.29 is 0 Å². The van der Waals surface area contributed by atoms with Crippen LogP contribution in [0.4, 0.5) is 0 Å². The quantitative estimate of drug-likeness (QED) is 0.792. The maximum atomic E-state index is 3.65. The fourth-order valence-electron chi connectivity index (χ4n) is 3.46. The van der Waals surface area contributed by atoms with Crippen LogP contribution in [0.2, 0.25) is 0 Å². The van der Waals surface area contributed by atoms with Crippen LogP contribution in [0.3, 0.4) is 0 Å². The van der Waals surface area contributed by atoms with Gasteiger partial charge in [-0.2, -0.15) is 0 Å². The van der Waals surface area contributed by atoms with Gasteiger partial charge >= 0.3 is 0 Å². The Bertz CT molecular complexity index is 217. The van der Waals surface area contributed by atoms with E-state index in [4.69, 9.17) is 0 Å². The van der Waals surface area contributed by atoms with Gasteiger partial charge in [0.15, 0.2) is 0 Å². The molecule has 0 bridgehead atoms. The average Bonchev–Trinajstić information content (AvgIpc) is 2.59. The summed E-state index contributed by atoms with van der Waals surface area (Å²) in [4.78, 5) is 2.59. The van der Waals surface area contributed by atoms with Crippen molar-refractivity contribution in [3.8, 4) is 0 Å². The SMILES string of the molecule is CCN1CCC(CC2CNC(C)(C)C2)CC1. The number of nitrogens with one attached hydrogen (secondary N) is 1. The summed E-state index contributed by atoms with van der Waals surface area (Å²) in [5.41, 5.74) is 0.398. The van der Waals surface area contributed by atoms with Gasteiger partial charge in [-0.3, -0.25) is 0 Å². The third kappa shape index (κ3) is 3.21. The summed E-state index contributed by atoms with van der Waals surface area (Å²) < 4.78 is 0. The largest absolute Gasteiger partial charge is 0.312 e. The molecule has 16 heavy (non-hydrogen) atoms. The van der Waals surface area contributed by atoms with E-state index in [-0.39, 0.29) is 0 Å². The van der Waals surface area contributed by atoms with E-state index in [2.05, 4.69) is 31.0 Å². The predicted octanol–water partition coefficient (Wildman–Crippen LogP) is 2.50. The standard InChI is InChI=1S/C14H28N2/c1-4-16-7-5-12(6-8-16)9-13-10-14(2,3)15-11-13/h12-13,15H,4-11H2,1-3H3. The third-order valence-electron chi connectivity index (χ3n) is 4.49. The zero-order valence-electron chi connectivity index (χ0n) is 11.3. The minimum Gasteiger partial charge on any atom is -0.312 e. The fraction of sp³-hybridized carbons (Fsp3) is 1.00. The number of nitrogens with zero attached hydrogens (tertiary/aromatic N) is 1. The third-order valence-corrected chi connectivity index (χ3v) is 4.49. The molecule has 0 radical (unpaired) electrons. The molecule has 94 valence electrons. The number of hydrogen-bond donors (Lipinski definition) is 1. The van der Waals surface area contributed by atoms with Gasteiger partial charge in [0.2, 0.25) is 0 Å². The highest BCUT2D eigenvalue weighted by atomic mass is 15.1. The molecule has 2 fully saturated rings. The van der Waals surface area contributed by atoms with E-state index in [0.29, 0.717) is 5.54 Å². The molecule has 0 aromatic carbocycles. The normalized spacial score (nSPS) is 32.1. The molecule has 0 aromatic heterocycles. The van der Waals surface area contributed by atoms with Crippen LogP contribution in [0.25, 0.3) is 0 Å². The summed E-state index contributed by atoms with van der Waals surface area (Å²) in [7, 11) is 0. The Kier molecular flexibility index (Phi) is 3.91. The van der Waals surface area contributed by atoms with E-state index in [1.165, 1.54) is 51.9 Å². The van der Waals surface area contributed by atoms with Gasteiger partial charge in [-0.1, -0.05) is 6.92 Å². The number of likely N-dealkylation sites (tertiary alicyclic amines) is 1. The highest BCUT2D eigenvalue weighted by molar-refractivity contribution is 4.90. The van der Waals surface area contributed by atoms with E-state index >= 15 is 0 Å². The van der Waals surface area contributed by atoms with Crippen LogP contribution in [0.15, 0.2) is 0 Å². The predicted molar refractivity (Wildman–Crippen MR) is 69.6 cm³/mol. The maximum Gasteiger partial charge on any atom is 0.0128 e. The fourth-order valence-corrected chi connectivity index (χ4v) is 3.46. The molecule has 2 heterocycles. The molecule has 0 saturated carbocycles. The van der Waals surface area contributed by atoms with Crippen LogP contribution in [-0.4, -0.2) is 36.6 Å². The van der Waals surface area contributed by atoms with Crippen molar-refractivity contribution in [3.63, 3.8) is 0 Å².